The normalized spacial score (nSPS) is 10.3. The molecule has 0 aliphatic rings. The first kappa shape index (κ1) is 10.6. The van der Waals surface area contributed by atoms with Crippen molar-refractivity contribution in [2.24, 2.45) is 5.92 Å². The third-order valence-electron chi connectivity index (χ3n) is 1.70. The fourth-order valence-corrected chi connectivity index (χ4v) is 0.907. The van der Waals surface area contributed by atoms with Crippen LogP contribution in [-0.4, -0.2) is 22.6 Å². The summed E-state index contributed by atoms with van der Waals surface area (Å²) in [6, 6.07) is 3.45. The number of nitrogens with one attached hydrogen (secondary N) is 1. The molecule has 76 valence electrons. The van der Waals surface area contributed by atoms with Gasteiger partial charge in [0.2, 0.25) is 0 Å². The van der Waals surface area contributed by atoms with Crippen LogP contribution in [0.1, 0.15) is 30.0 Å². The van der Waals surface area contributed by atoms with Crippen molar-refractivity contribution in [3.63, 3.8) is 0 Å². The van der Waals surface area contributed by atoms with Crippen LogP contribution in [0.15, 0.2) is 12.1 Å². The number of nitrogens with zero attached hydrogens (tertiary/aromatic N) is 2. The van der Waals surface area contributed by atoms with Crippen molar-refractivity contribution in [3.8, 4) is 0 Å². The number of amides is 1. The van der Waals surface area contributed by atoms with Gasteiger partial charge in [0.05, 0.1) is 5.69 Å². The van der Waals surface area contributed by atoms with Gasteiger partial charge in [0.1, 0.15) is 0 Å². The zero-order valence-corrected chi connectivity index (χ0v) is 8.74. The second kappa shape index (κ2) is 4.69. The minimum atomic E-state index is -0.161. The lowest BCUT2D eigenvalue weighted by Crippen LogP contribution is -2.28. The molecular weight excluding hydrogens is 178 g/mol. The quantitative estimate of drug-likeness (QED) is 0.784. The third-order valence-corrected chi connectivity index (χ3v) is 1.70. The van der Waals surface area contributed by atoms with Crippen LogP contribution in [-0.2, 0) is 0 Å². The van der Waals surface area contributed by atoms with E-state index in [0.29, 0.717) is 18.2 Å². The maximum absolute atomic E-state index is 11.4. The molecule has 1 aromatic heterocycles. The number of aromatic nitrogens is 2. The summed E-state index contributed by atoms with van der Waals surface area (Å²) in [7, 11) is 0. The minimum Gasteiger partial charge on any atom is -0.350 e. The molecule has 0 aromatic carbocycles. The number of carbonyl (C=O) groups excluding carboxylic acids is 1. The molecule has 0 aliphatic carbocycles. The Morgan fingerprint density at radius 3 is 2.64 bits per heavy atom. The fourth-order valence-electron chi connectivity index (χ4n) is 0.907. The van der Waals surface area contributed by atoms with E-state index in [4.69, 9.17) is 0 Å². The molecule has 0 atom stereocenters. The Morgan fingerprint density at radius 2 is 2.14 bits per heavy atom. The summed E-state index contributed by atoms with van der Waals surface area (Å²) < 4.78 is 0. The van der Waals surface area contributed by atoms with Crippen LogP contribution in [0.2, 0.25) is 0 Å². The highest BCUT2D eigenvalue weighted by molar-refractivity contribution is 5.91. The molecule has 0 radical (unpaired) electrons. The molecule has 0 bridgehead atoms. The van der Waals surface area contributed by atoms with Crippen molar-refractivity contribution in [2.75, 3.05) is 6.54 Å². The Morgan fingerprint density at radius 1 is 1.43 bits per heavy atom. The highest BCUT2D eigenvalue weighted by atomic mass is 16.1. The van der Waals surface area contributed by atoms with Crippen LogP contribution in [0.25, 0.3) is 0 Å². The zero-order valence-electron chi connectivity index (χ0n) is 8.74. The molecule has 0 spiro atoms. The standard InChI is InChI=1S/C10H15N3O/c1-7(2)6-11-10(14)9-5-4-8(3)12-13-9/h4-5,7H,6H2,1-3H3,(H,11,14). The zero-order chi connectivity index (χ0) is 10.6. The van der Waals surface area contributed by atoms with Gasteiger partial charge < -0.3 is 5.32 Å². The Hall–Kier alpha value is -1.45. The van der Waals surface area contributed by atoms with Gasteiger partial charge in [-0.1, -0.05) is 13.8 Å². The Balaban J connectivity index is 2.57. The van der Waals surface area contributed by atoms with Crippen LogP contribution >= 0.6 is 0 Å². The topological polar surface area (TPSA) is 54.9 Å². The summed E-state index contributed by atoms with van der Waals surface area (Å²) in [4.78, 5) is 11.4. The van der Waals surface area contributed by atoms with Gasteiger partial charge in [0, 0.05) is 6.54 Å². The molecule has 1 aromatic rings. The van der Waals surface area contributed by atoms with Crippen LogP contribution in [0.3, 0.4) is 0 Å². The van der Waals surface area contributed by atoms with Crippen LogP contribution < -0.4 is 5.32 Å². The number of carbonyl (C=O) groups is 1. The summed E-state index contributed by atoms with van der Waals surface area (Å²) in [5, 5.41) is 10.4. The molecule has 0 aliphatic heterocycles. The van der Waals surface area contributed by atoms with Crippen molar-refractivity contribution in [1.29, 1.82) is 0 Å². The molecule has 1 amide bonds. The van der Waals surface area contributed by atoms with E-state index < -0.39 is 0 Å². The van der Waals surface area contributed by atoms with Gasteiger partial charge in [0.15, 0.2) is 5.69 Å². The number of hydrogen-bond acceptors (Lipinski definition) is 3. The van der Waals surface area contributed by atoms with Crippen molar-refractivity contribution >= 4 is 5.91 Å². The lowest BCUT2D eigenvalue weighted by Gasteiger charge is -2.06. The lowest BCUT2D eigenvalue weighted by atomic mass is 10.2. The molecule has 0 fully saturated rings. The van der Waals surface area contributed by atoms with Crippen molar-refractivity contribution in [2.45, 2.75) is 20.8 Å². The van der Waals surface area contributed by atoms with E-state index in [0.717, 1.165) is 5.69 Å². The Kier molecular flexibility index (Phi) is 3.56. The van der Waals surface area contributed by atoms with E-state index in [2.05, 4.69) is 15.5 Å². The molecule has 14 heavy (non-hydrogen) atoms. The minimum absolute atomic E-state index is 0.161. The summed E-state index contributed by atoms with van der Waals surface area (Å²) in [5.41, 5.74) is 1.18. The maximum atomic E-state index is 11.4. The SMILES string of the molecule is Cc1ccc(C(=O)NCC(C)C)nn1. The van der Waals surface area contributed by atoms with Gasteiger partial charge in [-0.15, -0.1) is 5.10 Å². The van der Waals surface area contributed by atoms with E-state index in [-0.39, 0.29) is 5.91 Å². The summed E-state index contributed by atoms with van der Waals surface area (Å²) >= 11 is 0. The van der Waals surface area contributed by atoms with Crippen LogP contribution in [0.4, 0.5) is 0 Å². The van der Waals surface area contributed by atoms with Crippen LogP contribution in [0, 0.1) is 12.8 Å². The molecule has 1 heterocycles. The Bertz CT molecular complexity index is 306. The molecule has 0 unspecified atom stereocenters. The number of aryl methyl sites for hydroxylation is 1. The third kappa shape index (κ3) is 3.12. The van der Waals surface area contributed by atoms with Crippen molar-refractivity contribution in [3.05, 3.63) is 23.5 Å². The summed E-state index contributed by atoms with van der Waals surface area (Å²) in [5.74, 6) is 0.281. The molecule has 4 heteroatoms. The largest absolute Gasteiger partial charge is 0.350 e. The van der Waals surface area contributed by atoms with Crippen LogP contribution in [0.5, 0.6) is 0 Å². The first-order valence-electron chi connectivity index (χ1n) is 4.68. The summed E-state index contributed by atoms with van der Waals surface area (Å²) in [6.45, 7) is 6.58. The predicted octanol–water partition coefficient (Wildman–Crippen LogP) is 1.17. The smallest absolute Gasteiger partial charge is 0.271 e. The molecule has 1 rings (SSSR count). The molecular formula is C10H15N3O. The second-order valence-electron chi connectivity index (χ2n) is 3.66. The van der Waals surface area contributed by atoms with E-state index in [1.54, 1.807) is 12.1 Å². The first-order valence-corrected chi connectivity index (χ1v) is 4.68. The first-order chi connectivity index (χ1) is 6.59. The van der Waals surface area contributed by atoms with Gasteiger partial charge >= 0.3 is 0 Å². The van der Waals surface area contributed by atoms with Gasteiger partial charge in [-0.3, -0.25) is 4.79 Å². The van der Waals surface area contributed by atoms with Gasteiger partial charge in [-0.25, -0.2) is 0 Å². The van der Waals surface area contributed by atoms with Gasteiger partial charge in [-0.05, 0) is 25.0 Å². The van der Waals surface area contributed by atoms with Gasteiger partial charge in [0.25, 0.3) is 5.91 Å². The van der Waals surface area contributed by atoms with E-state index >= 15 is 0 Å². The summed E-state index contributed by atoms with van der Waals surface area (Å²) in [6.07, 6.45) is 0. The molecule has 4 nitrogen and oxygen atoms in total. The maximum Gasteiger partial charge on any atom is 0.271 e. The molecule has 0 saturated carbocycles. The van der Waals surface area contributed by atoms with E-state index in [9.17, 15) is 4.79 Å². The average molecular weight is 193 g/mol. The van der Waals surface area contributed by atoms with Crippen molar-refractivity contribution in [1.82, 2.24) is 15.5 Å². The van der Waals surface area contributed by atoms with E-state index in [1.165, 1.54) is 0 Å². The number of rotatable bonds is 3. The fraction of sp³-hybridized carbons (Fsp3) is 0.500. The molecule has 1 N–H and O–H groups in total. The predicted molar refractivity (Wildman–Crippen MR) is 53.9 cm³/mol. The number of hydrogen-bond donors (Lipinski definition) is 1. The molecule has 0 saturated heterocycles. The average Bonchev–Trinajstić information content (AvgIpc) is 2.15. The Labute approximate surface area is 83.7 Å². The highest BCUT2D eigenvalue weighted by Crippen LogP contribution is 1.95. The monoisotopic (exact) mass is 193 g/mol. The van der Waals surface area contributed by atoms with Crippen molar-refractivity contribution < 1.29 is 4.79 Å². The second-order valence-corrected chi connectivity index (χ2v) is 3.66. The van der Waals surface area contributed by atoms with Gasteiger partial charge in [-0.2, -0.15) is 5.10 Å². The highest BCUT2D eigenvalue weighted by Gasteiger charge is 2.06. The lowest BCUT2D eigenvalue weighted by molar-refractivity contribution is 0.0943. The van der Waals surface area contributed by atoms with E-state index in [1.807, 2.05) is 20.8 Å².